The molecule has 2 N–H and O–H groups in total. The van der Waals surface area contributed by atoms with Crippen molar-refractivity contribution in [3.63, 3.8) is 0 Å². The van der Waals surface area contributed by atoms with E-state index in [1.807, 2.05) is 29.2 Å². The molecule has 1 saturated heterocycles. The second kappa shape index (κ2) is 7.96. The molecular formula is C21H21BrN4O3. The number of hydrogen-bond acceptors (Lipinski definition) is 5. The highest BCUT2D eigenvalue weighted by Crippen LogP contribution is 2.32. The van der Waals surface area contributed by atoms with Crippen LogP contribution in [0, 0.1) is 0 Å². The Kier molecular flexibility index (Phi) is 5.38. The van der Waals surface area contributed by atoms with Crippen LogP contribution in [-0.4, -0.2) is 41.4 Å². The van der Waals surface area contributed by atoms with Crippen LogP contribution in [-0.2, 0) is 9.63 Å². The first-order valence-electron chi connectivity index (χ1n) is 9.41. The van der Waals surface area contributed by atoms with E-state index in [0.29, 0.717) is 43.0 Å². The van der Waals surface area contributed by atoms with Gasteiger partial charge in [-0.3, -0.25) is 9.59 Å². The van der Waals surface area contributed by atoms with Gasteiger partial charge in [0.1, 0.15) is 0 Å². The van der Waals surface area contributed by atoms with Crippen LogP contribution in [0.15, 0.2) is 58.0 Å². The third-order valence-corrected chi connectivity index (χ3v) is 5.58. The smallest absolute Gasteiger partial charge is 0.253 e. The molecular weight excluding hydrogens is 436 g/mol. The summed E-state index contributed by atoms with van der Waals surface area (Å²) in [5, 5.41) is 2.70. The van der Waals surface area contributed by atoms with E-state index in [1.165, 1.54) is 6.92 Å². The number of carbonyl (C=O) groups excluding carboxylic acids is 2. The topological polar surface area (TPSA) is 83.0 Å². The van der Waals surface area contributed by atoms with Crippen molar-refractivity contribution < 1.29 is 14.4 Å². The van der Waals surface area contributed by atoms with E-state index in [0.717, 1.165) is 10.0 Å². The van der Waals surface area contributed by atoms with Gasteiger partial charge in [-0.1, -0.05) is 28.1 Å². The number of benzene rings is 2. The van der Waals surface area contributed by atoms with Gasteiger partial charge in [0.2, 0.25) is 5.91 Å². The van der Waals surface area contributed by atoms with E-state index in [2.05, 4.69) is 26.7 Å². The largest absolute Gasteiger partial charge is 0.338 e. The first-order chi connectivity index (χ1) is 13.9. The molecule has 8 heteroatoms. The molecule has 2 aromatic rings. The van der Waals surface area contributed by atoms with E-state index in [9.17, 15) is 9.59 Å². The van der Waals surface area contributed by atoms with Gasteiger partial charge < -0.3 is 10.2 Å². The first-order valence-corrected chi connectivity index (χ1v) is 10.2. The molecule has 1 spiro atoms. The van der Waals surface area contributed by atoms with Crippen LogP contribution < -0.4 is 10.8 Å². The average Bonchev–Trinajstić information content (AvgIpc) is 3.12. The third kappa shape index (κ3) is 4.33. The number of hydroxylamine groups is 1. The van der Waals surface area contributed by atoms with Crippen LogP contribution in [0.25, 0.3) is 0 Å². The van der Waals surface area contributed by atoms with Crippen LogP contribution in [0.3, 0.4) is 0 Å². The Labute approximate surface area is 177 Å². The van der Waals surface area contributed by atoms with Gasteiger partial charge in [0.05, 0.1) is 0 Å². The summed E-state index contributed by atoms with van der Waals surface area (Å²) in [4.78, 5) is 36.3. The minimum Gasteiger partial charge on any atom is -0.338 e. The highest BCUT2D eigenvalue weighted by Gasteiger charge is 2.41. The van der Waals surface area contributed by atoms with Crippen molar-refractivity contribution in [2.24, 2.45) is 4.99 Å². The fraction of sp³-hybridized carbons (Fsp3) is 0.286. The number of carbonyl (C=O) groups is 2. The van der Waals surface area contributed by atoms with Crippen molar-refractivity contribution in [3.8, 4) is 0 Å². The van der Waals surface area contributed by atoms with E-state index >= 15 is 0 Å². The summed E-state index contributed by atoms with van der Waals surface area (Å²) < 4.78 is 1.01. The summed E-state index contributed by atoms with van der Waals surface area (Å²) >= 11 is 3.43. The van der Waals surface area contributed by atoms with Gasteiger partial charge in [-0.15, -0.1) is 0 Å². The molecule has 29 heavy (non-hydrogen) atoms. The minimum absolute atomic E-state index is 0.0303. The monoisotopic (exact) mass is 456 g/mol. The Balaban J connectivity index is 1.39. The van der Waals surface area contributed by atoms with Crippen LogP contribution in [0.4, 0.5) is 5.69 Å². The molecule has 0 atom stereocenters. The lowest BCUT2D eigenvalue weighted by Crippen LogP contribution is -2.46. The average molecular weight is 457 g/mol. The Morgan fingerprint density at radius 3 is 2.38 bits per heavy atom. The third-order valence-electron chi connectivity index (χ3n) is 5.06. The standard InChI is InChI=1S/C21H21BrN4O3/c1-14(27)23-18-8-4-16(5-9-18)20(28)26-12-10-21(11-13-26)24-19(25-29-21)15-2-6-17(22)7-3-15/h2-9H,10-13H2,1H3,(H,23,27)(H,24,25). The lowest BCUT2D eigenvalue weighted by atomic mass is 10.00. The van der Waals surface area contributed by atoms with Crippen molar-refractivity contribution in [2.75, 3.05) is 18.4 Å². The molecule has 4 rings (SSSR count). The molecule has 0 aliphatic carbocycles. The predicted octanol–water partition coefficient (Wildman–Crippen LogP) is 3.32. The number of aliphatic imine (C=N–C) groups is 1. The molecule has 2 heterocycles. The van der Waals surface area contributed by atoms with Crippen molar-refractivity contribution >= 4 is 39.3 Å². The van der Waals surface area contributed by atoms with E-state index < -0.39 is 5.72 Å². The van der Waals surface area contributed by atoms with E-state index in [-0.39, 0.29) is 11.8 Å². The van der Waals surface area contributed by atoms with Gasteiger partial charge in [0.15, 0.2) is 11.6 Å². The number of halogens is 1. The van der Waals surface area contributed by atoms with Gasteiger partial charge in [-0.25, -0.2) is 15.3 Å². The molecule has 0 saturated carbocycles. The zero-order valence-corrected chi connectivity index (χ0v) is 17.5. The Hall–Kier alpha value is -2.71. The number of nitrogens with one attached hydrogen (secondary N) is 2. The lowest BCUT2D eigenvalue weighted by Gasteiger charge is -2.35. The minimum atomic E-state index is -0.631. The lowest BCUT2D eigenvalue weighted by molar-refractivity contribution is -0.114. The molecule has 7 nitrogen and oxygen atoms in total. The molecule has 2 aliphatic heterocycles. The van der Waals surface area contributed by atoms with Crippen molar-refractivity contribution in [1.29, 1.82) is 0 Å². The van der Waals surface area contributed by atoms with Crippen LogP contribution in [0.5, 0.6) is 0 Å². The number of rotatable bonds is 3. The van der Waals surface area contributed by atoms with Gasteiger partial charge in [0, 0.05) is 54.1 Å². The second-order valence-electron chi connectivity index (χ2n) is 7.17. The summed E-state index contributed by atoms with van der Waals surface area (Å²) in [6.45, 7) is 2.57. The highest BCUT2D eigenvalue weighted by molar-refractivity contribution is 9.10. The number of hydrogen-bond donors (Lipinski definition) is 2. The van der Waals surface area contributed by atoms with Crippen LogP contribution in [0.1, 0.15) is 35.7 Å². The predicted molar refractivity (Wildman–Crippen MR) is 114 cm³/mol. The Bertz CT molecular complexity index is 949. The number of amidine groups is 1. The summed E-state index contributed by atoms with van der Waals surface area (Å²) in [5.74, 6) is 0.543. The number of nitrogens with zero attached hydrogens (tertiary/aromatic N) is 2. The first kappa shape index (κ1) is 19.6. The van der Waals surface area contributed by atoms with Crippen molar-refractivity contribution in [3.05, 3.63) is 64.1 Å². The molecule has 0 radical (unpaired) electrons. The molecule has 150 valence electrons. The molecule has 0 unspecified atom stereocenters. The molecule has 0 bridgehead atoms. The van der Waals surface area contributed by atoms with Crippen LogP contribution in [0.2, 0.25) is 0 Å². The molecule has 2 aromatic carbocycles. The SMILES string of the molecule is CC(=O)Nc1ccc(C(=O)N2CCC3(CC2)N=C(c2ccc(Br)cc2)NO3)cc1. The van der Waals surface area contributed by atoms with Gasteiger partial charge >= 0.3 is 0 Å². The number of likely N-dealkylation sites (tertiary alicyclic amines) is 1. The van der Waals surface area contributed by atoms with Gasteiger partial charge in [-0.2, -0.15) is 0 Å². The van der Waals surface area contributed by atoms with Gasteiger partial charge in [-0.05, 0) is 36.4 Å². The maximum atomic E-state index is 12.8. The maximum Gasteiger partial charge on any atom is 0.253 e. The molecule has 0 aromatic heterocycles. The second-order valence-corrected chi connectivity index (χ2v) is 8.08. The van der Waals surface area contributed by atoms with Gasteiger partial charge in [0.25, 0.3) is 5.91 Å². The summed E-state index contributed by atoms with van der Waals surface area (Å²) in [6, 6.07) is 14.8. The zero-order chi connectivity index (χ0) is 20.4. The fourth-order valence-electron chi connectivity index (χ4n) is 3.48. The van der Waals surface area contributed by atoms with E-state index in [1.54, 1.807) is 24.3 Å². The zero-order valence-electron chi connectivity index (χ0n) is 15.9. The number of anilines is 1. The van der Waals surface area contributed by atoms with Crippen LogP contribution >= 0.6 is 15.9 Å². The normalized spacial score (nSPS) is 17.6. The summed E-state index contributed by atoms with van der Waals surface area (Å²) in [6.07, 6.45) is 1.24. The molecule has 2 amide bonds. The molecule has 2 aliphatic rings. The van der Waals surface area contributed by atoms with Crippen molar-refractivity contribution in [1.82, 2.24) is 10.4 Å². The quantitative estimate of drug-likeness (QED) is 0.741. The maximum absolute atomic E-state index is 12.8. The highest BCUT2D eigenvalue weighted by atomic mass is 79.9. The fourth-order valence-corrected chi connectivity index (χ4v) is 3.74. The summed E-state index contributed by atoms with van der Waals surface area (Å²) in [5.41, 5.74) is 4.55. The van der Waals surface area contributed by atoms with E-state index in [4.69, 9.17) is 9.83 Å². The molecule has 1 fully saturated rings. The Morgan fingerprint density at radius 1 is 1.10 bits per heavy atom. The van der Waals surface area contributed by atoms with Crippen molar-refractivity contribution in [2.45, 2.75) is 25.5 Å². The summed E-state index contributed by atoms with van der Waals surface area (Å²) in [7, 11) is 0. The Morgan fingerprint density at radius 2 is 1.76 bits per heavy atom. The number of amides is 2. The number of piperidine rings is 1.